The van der Waals surface area contributed by atoms with Crippen molar-refractivity contribution in [1.82, 2.24) is 0 Å². The minimum Gasteiger partial charge on any atom is -0.507 e. The molecule has 69 heavy (non-hydrogen) atoms. The van der Waals surface area contributed by atoms with Crippen molar-refractivity contribution in [2.75, 3.05) is 13.2 Å². The number of aromatic hydroxyl groups is 2. The van der Waals surface area contributed by atoms with E-state index in [9.17, 15) is 10.2 Å². The van der Waals surface area contributed by atoms with Gasteiger partial charge in [-0.15, -0.1) is 0 Å². The van der Waals surface area contributed by atoms with Crippen molar-refractivity contribution < 1.29 is 32.9 Å². The van der Waals surface area contributed by atoms with Crippen molar-refractivity contribution in [2.45, 2.75) is 113 Å². The van der Waals surface area contributed by atoms with Gasteiger partial charge in [-0.25, -0.2) is 0 Å². The molecule has 0 bridgehead atoms. The van der Waals surface area contributed by atoms with Gasteiger partial charge in [0, 0.05) is 35.5 Å². The fourth-order valence-electron chi connectivity index (χ4n) is 10.0. The first-order valence-corrected chi connectivity index (χ1v) is 26.7. The smallest absolute Gasteiger partial charge is 0.132 e. The summed E-state index contributed by atoms with van der Waals surface area (Å²) in [5.41, 5.74) is 17.2. The Labute approximate surface area is 420 Å². The number of hydrogen-bond donors (Lipinski definition) is 2. The number of phenolic OH excluding ortho intramolecular Hbond substituents is 2. The molecular weight excluding hydrogens is 927 g/mol. The molecule has 0 spiro atoms. The number of ether oxygens (including phenoxy) is 1. The van der Waals surface area contributed by atoms with Crippen molar-refractivity contribution in [3.05, 3.63) is 184 Å². The fraction of sp³-hybridized carbons (Fsp3) is 0.297. The molecule has 2 N–H and O–H groups in total. The molecule has 5 heteroatoms. The summed E-state index contributed by atoms with van der Waals surface area (Å²) >= 11 is -0.553. The van der Waals surface area contributed by atoms with E-state index < -0.39 is 17.9 Å². The Morgan fingerprint density at radius 2 is 0.928 bits per heavy atom. The molecule has 0 amide bonds. The Balaban J connectivity index is 0.000000205. The topological polar surface area (TPSA) is 62.0 Å². The molecule has 1 aliphatic rings. The van der Waals surface area contributed by atoms with Crippen LogP contribution in [-0.4, -0.2) is 27.8 Å². The zero-order valence-electron chi connectivity index (χ0n) is 42.9. The molecule has 8 aromatic rings. The maximum atomic E-state index is 12.2. The van der Waals surface area contributed by atoms with E-state index in [2.05, 4.69) is 185 Å². The second-order valence-electron chi connectivity index (χ2n) is 20.1. The van der Waals surface area contributed by atoms with Crippen LogP contribution in [0.1, 0.15) is 116 Å². The molecule has 9 rings (SSSR count). The number of hydrogen-bond acceptors (Lipinski definition) is 4. The van der Waals surface area contributed by atoms with Gasteiger partial charge in [0.25, 0.3) is 0 Å². The second kappa shape index (κ2) is 22.3. The van der Waals surface area contributed by atoms with Gasteiger partial charge in [-0.05, 0) is 121 Å². The van der Waals surface area contributed by atoms with Crippen LogP contribution in [0, 0.1) is 41.5 Å². The number of benzene rings is 8. The monoisotopic (exact) mass is 999 g/mol. The number of rotatable bonds is 8. The molecule has 356 valence electrons. The van der Waals surface area contributed by atoms with Crippen molar-refractivity contribution in [3.63, 3.8) is 0 Å². The first-order chi connectivity index (χ1) is 33.0. The summed E-state index contributed by atoms with van der Waals surface area (Å²) in [7, 11) is 0. The van der Waals surface area contributed by atoms with Crippen LogP contribution in [0.15, 0.2) is 137 Å². The maximum Gasteiger partial charge on any atom is 0.132 e. The molecule has 8 aromatic carbocycles. The third kappa shape index (κ3) is 11.5. The minimum atomic E-state index is -0.553. The van der Waals surface area contributed by atoms with Gasteiger partial charge in [0.1, 0.15) is 11.5 Å². The average molecular weight is 998 g/mol. The molecule has 4 nitrogen and oxygen atoms in total. The van der Waals surface area contributed by atoms with Crippen molar-refractivity contribution in [2.24, 2.45) is 3.50 Å². The summed E-state index contributed by atoms with van der Waals surface area (Å²) < 4.78 is 12.5. The molecule has 1 heterocycles. The Morgan fingerprint density at radius 1 is 0.522 bits per heavy atom. The second-order valence-corrected chi connectivity index (χ2v) is 21.6. The van der Waals surface area contributed by atoms with E-state index in [4.69, 9.17) is 8.23 Å². The average Bonchev–Trinajstić information content (AvgIpc) is 3.91. The van der Waals surface area contributed by atoms with E-state index in [0.717, 1.165) is 79.3 Å². The molecule has 0 atom stereocenters. The van der Waals surface area contributed by atoms with E-state index in [1.165, 1.54) is 46.3 Å². The molecule has 0 aliphatic carbocycles. The van der Waals surface area contributed by atoms with E-state index in [0.29, 0.717) is 23.0 Å². The first kappa shape index (κ1) is 51.1. The van der Waals surface area contributed by atoms with Gasteiger partial charge in [-0.3, -0.25) is 0 Å². The first-order valence-electron chi connectivity index (χ1n) is 24.6. The molecule has 0 saturated carbocycles. The molecule has 1 aliphatic heterocycles. The summed E-state index contributed by atoms with van der Waals surface area (Å²) in [4.78, 5) is 0. The Hall–Kier alpha value is -5.80. The standard InChI is InChI=1S/C38H34O2.C12H17N.C10H12.C4H8O.Mo/c1-21-15-23(3)33(24(4)16-21)31-19-27-11-7-9-13-29(27)35(37(31)39)36-30-14-10-8-12-28(30)20-32(38(36)40)34-25(5)17-22(2)18-26(34)6;1-8(2)10-6-5-7-11(9(3)4)12(10)13;1-10(2,3)9-7-5-4-6-8-9;1-2-4-5-3-1;/h7-20,39-40H,1-6H3;5-9H,1-4H3;1,4-8H,2-3H3;1-4H2;. The maximum absolute atomic E-state index is 12.2. The Kier molecular flexibility index (Phi) is 16.5. The predicted octanol–water partition coefficient (Wildman–Crippen LogP) is 17.7. The molecule has 0 radical (unpaired) electrons. The zero-order valence-corrected chi connectivity index (χ0v) is 44.9. The van der Waals surface area contributed by atoms with Crippen LogP contribution in [0.2, 0.25) is 0 Å². The minimum absolute atomic E-state index is 0.0811. The van der Waals surface area contributed by atoms with Gasteiger partial charge in [-0.2, -0.15) is 0 Å². The van der Waals surface area contributed by atoms with Crippen LogP contribution < -0.4 is 0 Å². The summed E-state index contributed by atoms with van der Waals surface area (Å²) in [5.74, 6) is 1.39. The van der Waals surface area contributed by atoms with Crippen LogP contribution in [0.3, 0.4) is 0 Å². The normalized spacial score (nSPS) is 12.4. The van der Waals surface area contributed by atoms with Crippen LogP contribution in [0.25, 0.3) is 54.9 Å². The molecule has 1 saturated heterocycles. The number of nitrogens with zero attached hydrogens (tertiary/aromatic N) is 1. The van der Waals surface area contributed by atoms with Gasteiger partial charge in [0.05, 0.1) is 0 Å². The van der Waals surface area contributed by atoms with Gasteiger partial charge in [-0.1, -0.05) is 83.9 Å². The quantitative estimate of drug-likeness (QED) is 0.149. The van der Waals surface area contributed by atoms with Crippen LogP contribution >= 0.6 is 0 Å². The van der Waals surface area contributed by atoms with Gasteiger partial charge >= 0.3 is 156 Å². The van der Waals surface area contributed by atoms with Crippen LogP contribution in [-0.2, 0) is 28.1 Å². The van der Waals surface area contributed by atoms with Crippen LogP contribution in [0.5, 0.6) is 11.5 Å². The van der Waals surface area contributed by atoms with E-state index in [-0.39, 0.29) is 16.9 Å². The van der Waals surface area contributed by atoms with Crippen LogP contribution in [0.4, 0.5) is 5.69 Å². The third-order valence-electron chi connectivity index (χ3n) is 13.4. The van der Waals surface area contributed by atoms with E-state index >= 15 is 0 Å². The van der Waals surface area contributed by atoms with Gasteiger partial charge in [0.2, 0.25) is 0 Å². The van der Waals surface area contributed by atoms with Crippen molar-refractivity contribution in [3.8, 4) is 44.9 Å². The SMILES string of the molecule is C1CCOC1.CC(C)c1cccc(C(C)C)c1[N]=[Mo]=[CH]C(C)(C)c1ccccc1.Cc1cc(C)c(-c2cc3ccccc3c(-c3c(O)c(-c4c(C)cc(C)cc4C)cc4ccccc34)c2O)c(C)c1. The van der Waals surface area contributed by atoms with E-state index in [1.54, 1.807) is 0 Å². The number of aryl methyl sites for hydroxylation is 6. The van der Waals surface area contributed by atoms with Gasteiger partial charge < -0.3 is 14.9 Å². The molecule has 1 fully saturated rings. The van der Waals surface area contributed by atoms with Gasteiger partial charge in [0.15, 0.2) is 0 Å². The summed E-state index contributed by atoms with van der Waals surface area (Å²) in [5, 5.41) is 28.2. The number of phenols is 2. The Bertz CT molecular complexity index is 2960. The fourth-order valence-corrected chi connectivity index (χ4v) is 11.9. The van der Waals surface area contributed by atoms with Crippen molar-refractivity contribution >= 4 is 31.6 Å². The summed E-state index contributed by atoms with van der Waals surface area (Å²) in [6.45, 7) is 28.2. The number of fused-ring (bicyclic) bond motifs is 2. The third-order valence-corrected chi connectivity index (χ3v) is 15.8. The Morgan fingerprint density at radius 3 is 1.32 bits per heavy atom. The molecule has 0 unspecified atom stereocenters. The van der Waals surface area contributed by atoms with E-state index in [1.807, 2.05) is 36.4 Å². The molecule has 0 aromatic heterocycles. The largest absolute Gasteiger partial charge is 0.507 e. The summed E-state index contributed by atoms with van der Waals surface area (Å²) in [6, 6.07) is 46.5. The predicted molar refractivity (Wildman–Crippen MR) is 292 cm³/mol. The zero-order chi connectivity index (χ0) is 49.6. The summed E-state index contributed by atoms with van der Waals surface area (Å²) in [6.07, 6.45) is 2.56. The molecular formula is C64H71MoNO3. The van der Waals surface area contributed by atoms with Crippen molar-refractivity contribution in [1.29, 1.82) is 0 Å².